The lowest BCUT2D eigenvalue weighted by atomic mass is 9.88. The summed E-state index contributed by atoms with van der Waals surface area (Å²) in [6.45, 7) is 7.93. The lowest BCUT2D eigenvalue weighted by Gasteiger charge is -2.30. The van der Waals surface area contributed by atoms with Gasteiger partial charge < -0.3 is 14.7 Å². The van der Waals surface area contributed by atoms with E-state index in [-0.39, 0.29) is 17.2 Å². The third-order valence-electron chi connectivity index (χ3n) is 4.12. The largest absolute Gasteiger partial charge is 0.480 e. The Bertz CT molecular complexity index is 693. The molecule has 0 saturated carbocycles. The highest BCUT2D eigenvalue weighted by Crippen LogP contribution is 2.31. The number of hydrogen-bond acceptors (Lipinski definition) is 3. The summed E-state index contributed by atoms with van der Waals surface area (Å²) in [5.41, 5.74) is -0.00989. The number of aliphatic carboxylic acids is 1. The quantitative estimate of drug-likeness (QED) is 0.823. The first-order chi connectivity index (χ1) is 11.6. The molecule has 136 valence electrons. The molecule has 2 unspecified atom stereocenters. The van der Waals surface area contributed by atoms with E-state index < -0.39 is 17.9 Å². The van der Waals surface area contributed by atoms with Crippen molar-refractivity contribution in [2.24, 2.45) is 5.41 Å². The zero-order chi connectivity index (χ0) is 18.8. The summed E-state index contributed by atoms with van der Waals surface area (Å²) in [6, 6.07) is 5.61. The zero-order valence-corrected chi connectivity index (χ0v) is 15.7. The van der Waals surface area contributed by atoms with E-state index in [0.29, 0.717) is 23.6 Å². The maximum atomic E-state index is 12.7. The molecule has 0 saturated heterocycles. The van der Waals surface area contributed by atoms with Crippen LogP contribution in [0.1, 0.15) is 40.5 Å². The van der Waals surface area contributed by atoms with Crippen LogP contribution in [0.15, 0.2) is 36.1 Å². The predicted octanol–water partition coefficient (Wildman–Crippen LogP) is 4.11. The summed E-state index contributed by atoms with van der Waals surface area (Å²) in [5.74, 6) is -0.937. The van der Waals surface area contributed by atoms with Gasteiger partial charge in [0.25, 0.3) is 5.91 Å². The molecule has 1 aliphatic heterocycles. The van der Waals surface area contributed by atoms with Crippen molar-refractivity contribution in [2.75, 3.05) is 0 Å². The van der Waals surface area contributed by atoms with Gasteiger partial charge in [-0.1, -0.05) is 44.5 Å². The summed E-state index contributed by atoms with van der Waals surface area (Å²) in [6.07, 6.45) is 2.72. The van der Waals surface area contributed by atoms with Crippen LogP contribution in [-0.2, 0) is 9.59 Å². The van der Waals surface area contributed by atoms with E-state index >= 15 is 0 Å². The average Bonchev–Trinajstić information content (AvgIpc) is 2.76. The highest BCUT2D eigenvalue weighted by molar-refractivity contribution is 6.32. The van der Waals surface area contributed by atoms with Crippen molar-refractivity contribution in [3.63, 3.8) is 0 Å². The Labute approximate surface area is 153 Å². The second kappa shape index (κ2) is 7.48. The summed E-state index contributed by atoms with van der Waals surface area (Å²) in [4.78, 5) is 25.8. The van der Waals surface area contributed by atoms with Crippen LogP contribution in [0.2, 0.25) is 5.02 Å². The number of carbonyl (C=O) groups is 2. The van der Waals surface area contributed by atoms with Crippen molar-refractivity contribution in [2.45, 2.75) is 52.6 Å². The van der Waals surface area contributed by atoms with Gasteiger partial charge in [-0.15, -0.1) is 0 Å². The molecule has 25 heavy (non-hydrogen) atoms. The SMILES string of the molecule is CC1C=C(Oc2ccccc2Cl)C(=O)N1C(CCC(C)(C)C)C(=O)O. The van der Waals surface area contributed by atoms with Crippen LogP contribution in [0.4, 0.5) is 0 Å². The molecule has 1 aromatic rings. The van der Waals surface area contributed by atoms with Crippen molar-refractivity contribution in [1.82, 2.24) is 4.90 Å². The summed E-state index contributed by atoms with van der Waals surface area (Å²) >= 11 is 6.06. The summed E-state index contributed by atoms with van der Waals surface area (Å²) in [7, 11) is 0. The van der Waals surface area contributed by atoms with Gasteiger partial charge in [-0.2, -0.15) is 0 Å². The molecular weight excluding hydrogens is 342 g/mol. The van der Waals surface area contributed by atoms with Crippen LogP contribution in [-0.4, -0.2) is 34.0 Å². The topological polar surface area (TPSA) is 66.8 Å². The van der Waals surface area contributed by atoms with Crippen LogP contribution in [0.3, 0.4) is 0 Å². The molecule has 0 spiro atoms. The van der Waals surface area contributed by atoms with Gasteiger partial charge in [-0.25, -0.2) is 4.79 Å². The fourth-order valence-electron chi connectivity index (χ4n) is 2.78. The Kier molecular flexibility index (Phi) is 5.78. The molecule has 5 nitrogen and oxygen atoms in total. The standard InChI is InChI=1S/C19H24ClNO4/c1-12-11-16(25-15-8-6-5-7-13(15)20)17(22)21(12)14(18(23)24)9-10-19(2,3)4/h5-8,11-12,14H,9-10H2,1-4H3,(H,23,24). The molecule has 0 radical (unpaired) electrons. The normalized spacial score (nSPS) is 18.9. The maximum Gasteiger partial charge on any atom is 0.326 e. The molecule has 0 aromatic heterocycles. The first-order valence-electron chi connectivity index (χ1n) is 8.30. The smallest absolute Gasteiger partial charge is 0.326 e. The second-order valence-corrected chi connectivity index (χ2v) is 7.88. The van der Waals surface area contributed by atoms with Gasteiger partial charge in [-0.05, 0) is 43.4 Å². The number of ether oxygens (including phenoxy) is 1. The van der Waals surface area contributed by atoms with Gasteiger partial charge in [0.1, 0.15) is 11.8 Å². The van der Waals surface area contributed by atoms with E-state index in [9.17, 15) is 14.7 Å². The van der Waals surface area contributed by atoms with Crippen LogP contribution in [0, 0.1) is 5.41 Å². The number of amides is 1. The van der Waals surface area contributed by atoms with Gasteiger partial charge in [-0.3, -0.25) is 4.79 Å². The Morgan fingerprint density at radius 3 is 2.56 bits per heavy atom. The number of hydrogen-bond donors (Lipinski definition) is 1. The van der Waals surface area contributed by atoms with Gasteiger partial charge >= 0.3 is 5.97 Å². The Morgan fingerprint density at radius 2 is 2.00 bits per heavy atom. The number of carboxylic acids is 1. The zero-order valence-electron chi connectivity index (χ0n) is 15.0. The lowest BCUT2D eigenvalue weighted by molar-refractivity contribution is -0.150. The fraction of sp³-hybridized carbons (Fsp3) is 0.474. The average molecular weight is 366 g/mol. The molecule has 1 amide bonds. The molecule has 0 fully saturated rings. The van der Waals surface area contributed by atoms with Crippen molar-refractivity contribution >= 4 is 23.5 Å². The number of carboxylic acid groups (broad SMARTS) is 1. The summed E-state index contributed by atoms with van der Waals surface area (Å²) in [5, 5.41) is 10.0. The summed E-state index contributed by atoms with van der Waals surface area (Å²) < 4.78 is 5.64. The molecule has 1 heterocycles. The minimum Gasteiger partial charge on any atom is -0.480 e. The van der Waals surface area contributed by atoms with Crippen LogP contribution < -0.4 is 4.74 Å². The fourth-order valence-corrected chi connectivity index (χ4v) is 2.96. The van der Waals surface area contributed by atoms with Gasteiger partial charge in [0.15, 0.2) is 5.76 Å². The Balaban J connectivity index is 2.17. The van der Waals surface area contributed by atoms with E-state index in [1.54, 1.807) is 37.3 Å². The van der Waals surface area contributed by atoms with Gasteiger partial charge in [0.2, 0.25) is 0 Å². The molecule has 1 N–H and O–H groups in total. The lowest BCUT2D eigenvalue weighted by Crippen LogP contribution is -2.47. The van der Waals surface area contributed by atoms with Crippen LogP contribution in [0.5, 0.6) is 5.75 Å². The van der Waals surface area contributed by atoms with Crippen LogP contribution in [0.25, 0.3) is 0 Å². The highest BCUT2D eigenvalue weighted by Gasteiger charge is 2.40. The van der Waals surface area contributed by atoms with E-state index in [2.05, 4.69) is 0 Å². The van der Waals surface area contributed by atoms with E-state index in [4.69, 9.17) is 16.3 Å². The molecule has 2 rings (SSSR count). The van der Waals surface area contributed by atoms with E-state index in [0.717, 1.165) is 0 Å². The Morgan fingerprint density at radius 1 is 1.36 bits per heavy atom. The molecule has 2 atom stereocenters. The molecule has 6 heteroatoms. The maximum absolute atomic E-state index is 12.7. The van der Waals surface area contributed by atoms with Crippen molar-refractivity contribution in [1.29, 1.82) is 0 Å². The first kappa shape index (κ1) is 19.3. The number of para-hydroxylation sites is 1. The molecular formula is C19H24ClNO4. The molecule has 1 aromatic carbocycles. The van der Waals surface area contributed by atoms with Crippen molar-refractivity contribution in [3.8, 4) is 5.75 Å². The molecule has 0 bridgehead atoms. The predicted molar refractivity (Wildman–Crippen MR) is 96.6 cm³/mol. The van der Waals surface area contributed by atoms with Crippen molar-refractivity contribution in [3.05, 3.63) is 41.1 Å². The van der Waals surface area contributed by atoms with Crippen molar-refractivity contribution < 1.29 is 19.4 Å². The minimum atomic E-state index is -1.00. The molecule has 0 aliphatic carbocycles. The third-order valence-corrected chi connectivity index (χ3v) is 4.43. The third kappa shape index (κ3) is 4.75. The number of halogens is 1. The van der Waals surface area contributed by atoms with E-state index in [1.165, 1.54) is 4.90 Å². The van der Waals surface area contributed by atoms with Crippen LogP contribution >= 0.6 is 11.6 Å². The van der Waals surface area contributed by atoms with E-state index in [1.807, 2.05) is 20.8 Å². The number of rotatable bonds is 6. The first-order valence-corrected chi connectivity index (χ1v) is 8.67. The Hall–Kier alpha value is -2.01. The highest BCUT2D eigenvalue weighted by atomic mass is 35.5. The second-order valence-electron chi connectivity index (χ2n) is 7.47. The number of carbonyl (C=O) groups excluding carboxylic acids is 1. The number of benzene rings is 1. The van der Waals surface area contributed by atoms with Gasteiger partial charge in [0.05, 0.1) is 11.1 Å². The number of nitrogens with zero attached hydrogens (tertiary/aromatic N) is 1. The monoisotopic (exact) mass is 365 g/mol. The molecule has 1 aliphatic rings. The van der Waals surface area contributed by atoms with Gasteiger partial charge in [0, 0.05) is 0 Å². The minimum absolute atomic E-state index is 0.00989.